The lowest BCUT2D eigenvalue weighted by Crippen LogP contribution is -2.04. The van der Waals surface area contributed by atoms with E-state index in [0.717, 1.165) is 48.3 Å². The zero-order chi connectivity index (χ0) is 14.2. The van der Waals surface area contributed by atoms with E-state index < -0.39 is 0 Å². The number of fused-ring (bicyclic) bond motifs is 1. The van der Waals surface area contributed by atoms with Crippen molar-refractivity contribution in [1.29, 1.82) is 0 Å². The van der Waals surface area contributed by atoms with Gasteiger partial charge in [-0.15, -0.1) is 0 Å². The third-order valence-electron chi connectivity index (χ3n) is 3.41. The Balaban J connectivity index is 2.00. The van der Waals surface area contributed by atoms with Crippen LogP contribution in [0.3, 0.4) is 0 Å². The molecule has 1 heterocycles. The summed E-state index contributed by atoms with van der Waals surface area (Å²) in [6.07, 6.45) is 6.49. The number of aromatic nitrogens is 1. The van der Waals surface area contributed by atoms with Crippen molar-refractivity contribution in [3.8, 4) is 5.75 Å². The molecule has 4 nitrogen and oxygen atoms in total. The number of ether oxygens (including phenoxy) is 1. The third kappa shape index (κ3) is 3.61. The first-order valence-corrected chi connectivity index (χ1v) is 7.22. The number of nitrogens with one attached hydrogen (secondary N) is 1. The zero-order valence-corrected chi connectivity index (χ0v) is 12.1. The Bertz CT molecular complexity index is 542. The van der Waals surface area contributed by atoms with Crippen molar-refractivity contribution < 1.29 is 4.74 Å². The fourth-order valence-corrected chi connectivity index (χ4v) is 2.33. The van der Waals surface area contributed by atoms with E-state index in [2.05, 4.69) is 16.4 Å². The van der Waals surface area contributed by atoms with Gasteiger partial charge >= 0.3 is 0 Å². The molecule has 0 saturated carbocycles. The van der Waals surface area contributed by atoms with Crippen molar-refractivity contribution in [1.82, 2.24) is 4.98 Å². The summed E-state index contributed by atoms with van der Waals surface area (Å²) < 4.78 is 5.39. The van der Waals surface area contributed by atoms with E-state index in [1.807, 2.05) is 24.4 Å². The fraction of sp³-hybridized carbons (Fsp3) is 0.438. The molecule has 1 aromatic carbocycles. The summed E-state index contributed by atoms with van der Waals surface area (Å²) in [7, 11) is 1.69. The molecule has 0 saturated heterocycles. The Labute approximate surface area is 120 Å². The van der Waals surface area contributed by atoms with Gasteiger partial charge in [0.05, 0.1) is 7.11 Å². The molecule has 108 valence electrons. The monoisotopic (exact) mass is 273 g/mol. The minimum Gasteiger partial charge on any atom is -0.496 e. The van der Waals surface area contributed by atoms with E-state index in [-0.39, 0.29) is 0 Å². The molecule has 0 aliphatic heterocycles. The Morgan fingerprint density at radius 3 is 2.75 bits per heavy atom. The first-order chi connectivity index (χ1) is 9.86. The van der Waals surface area contributed by atoms with Crippen molar-refractivity contribution in [2.24, 2.45) is 5.73 Å². The molecule has 3 N–H and O–H groups in total. The van der Waals surface area contributed by atoms with Crippen LogP contribution in [0.1, 0.15) is 25.7 Å². The Morgan fingerprint density at radius 2 is 1.95 bits per heavy atom. The van der Waals surface area contributed by atoms with Crippen LogP contribution in [0.5, 0.6) is 5.75 Å². The van der Waals surface area contributed by atoms with Crippen LogP contribution in [-0.4, -0.2) is 25.2 Å². The second-order valence-corrected chi connectivity index (χ2v) is 4.84. The number of hydrogen-bond donors (Lipinski definition) is 2. The van der Waals surface area contributed by atoms with Crippen LogP contribution in [0.15, 0.2) is 30.5 Å². The van der Waals surface area contributed by atoms with Crippen LogP contribution in [0.4, 0.5) is 5.82 Å². The summed E-state index contributed by atoms with van der Waals surface area (Å²) in [5.74, 6) is 1.82. The molecule has 0 unspecified atom stereocenters. The third-order valence-corrected chi connectivity index (χ3v) is 3.41. The van der Waals surface area contributed by atoms with Gasteiger partial charge in [0.1, 0.15) is 11.6 Å². The van der Waals surface area contributed by atoms with Crippen LogP contribution < -0.4 is 15.8 Å². The molecular weight excluding hydrogens is 250 g/mol. The summed E-state index contributed by atoms with van der Waals surface area (Å²) in [5, 5.41) is 5.62. The first kappa shape index (κ1) is 14.6. The smallest absolute Gasteiger partial charge is 0.133 e. The number of nitrogens with two attached hydrogens (primary N) is 1. The highest BCUT2D eigenvalue weighted by atomic mass is 16.5. The molecule has 20 heavy (non-hydrogen) atoms. The molecule has 0 amide bonds. The highest BCUT2D eigenvalue weighted by Gasteiger charge is 2.05. The van der Waals surface area contributed by atoms with Crippen LogP contribution in [0, 0.1) is 0 Å². The molecule has 1 aromatic heterocycles. The first-order valence-electron chi connectivity index (χ1n) is 7.22. The second-order valence-electron chi connectivity index (χ2n) is 4.84. The number of benzene rings is 1. The second kappa shape index (κ2) is 7.70. The van der Waals surface area contributed by atoms with Crippen LogP contribution in [0.25, 0.3) is 10.8 Å². The van der Waals surface area contributed by atoms with Crippen LogP contribution in [-0.2, 0) is 0 Å². The maximum absolute atomic E-state index is 5.49. The summed E-state index contributed by atoms with van der Waals surface area (Å²) in [4.78, 5) is 4.43. The Morgan fingerprint density at radius 1 is 1.10 bits per heavy atom. The van der Waals surface area contributed by atoms with E-state index in [0.29, 0.717) is 0 Å². The number of unbranched alkanes of at least 4 members (excludes halogenated alkanes) is 3. The quantitative estimate of drug-likeness (QED) is 0.725. The lowest BCUT2D eigenvalue weighted by atomic mass is 10.1. The summed E-state index contributed by atoms with van der Waals surface area (Å²) >= 11 is 0. The molecule has 2 aromatic rings. The number of methoxy groups -OCH3 is 1. The predicted molar refractivity (Wildman–Crippen MR) is 84.3 cm³/mol. The molecule has 2 rings (SSSR count). The fourth-order valence-electron chi connectivity index (χ4n) is 2.33. The highest BCUT2D eigenvalue weighted by Crippen LogP contribution is 2.28. The lowest BCUT2D eigenvalue weighted by molar-refractivity contribution is 0.420. The lowest BCUT2D eigenvalue weighted by Gasteiger charge is -2.10. The van der Waals surface area contributed by atoms with Crippen molar-refractivity contribution in [3.63, 3.8) is 0 Å². The van der Waals surface area contributed by atoms with E-state index >= 15 is 0 Å². The van der Waals surface area contributed by atoms with Crippen LogP contribution >= 0.6 is 0 Å². The van der Waals surface area contributed by atoms with E-state index in [1.54, 1.807) is 7.11 Å². The molecule has 0 radical (unpaired) electrons. The van der Waals surface area contributed by atoms with Gasteiger partial charge in [-0.3, -0.25) is 0 Å². The minimum absolute atomic E-state index is 0.790. The maximum atomic E-state index is 5.49. The molecule has 0 aliphatic rings. The molecular formula is C16H23N3O. The molecule has 4 heteroatoms. The normalized spacial score (nSPS) is 10.7. The molecule has 0 aliphatic carbocycles. The predicted octanol–water partition coefficient (Wildman–Crippen LogP) is 3.17. The van der Waals surface area contributed by atoms with Gasteiger partial charge in [0.15, 0.2) is 0 Å². The number of hydrogen-bond acceptors (Lipinski definition) is 4. The standard InChI is InChI=1S/C16H23N3O/c1-20-15-8-6-7-14-13(15)9-12-19-16(14)18-11-5-3-2-4-10-17/h6-9,12H,2-5,10-11,17H2,1H3,(H,18,19). The van der Waals surface area contributed by atoms with Gasteiger partial charge < -0.3 is 15.8 Å². The van der Waals surface area contributed by atoms with Gasteiger partial charge in [0.2, 0.25) is 0 Å². The minimum atomic E-state index is 0.790. The zero-order valence-electron chi connectivity index (χ0n) is 12.1. The Kier molecular flexibility index (Phi) is 5.62. The largest absolute Gasteiger partial charge is 0.496 e. The van der Waals surface area contributed by atoms with E-state index in [1.165, 1.54) is 12.8 Å². The number of pyridine rings is 1. The number of anilines is 1. The number of nitrogens with zero attached hydrogens (tertiary/aromatic N) is 1. The average molecular weight is 273 g/mol. The maximum Gasteiger partial charge on any atom is 0.133 e. The molecule has 0 atom stereocenters. The van der Waals surface area contributed by atoms with Gasteiger partial charge in [0, 0.05) is 23.5 Å². The highest BCUT2D eigenvalue weighted by molar-refractivity contribution is 5.95. The van der Waals surface area contributed by atoms with Crippen molar-refractivity contribution in [2.75, 3.05) is 25.5 Å². The van der Waals surface area contributed by atoms with Gasteiger partial charge in [-0.05, 0) is 31.5 Å². The van der Waals surface area contributed by atoms with E-state index in [4.69, 9.17) is 10.5 Å². The average Bonchev–Trinajstić information content (AvgIpc) is 2.50. The molecule has 0 fully saturated rings. The van der Waals surface area contributed by atoms with Crippen LogP contribution in [0.2, 0.25) is 0 Å². The van der Waals surface area contributed by atoms with Gasteiger partial charge in [-0.2, -0.15) is 0 Å². The SMILES string of the molecule is COc1cccc2c(NCCCCCCN)nccc12. The molecule has 0 bridgehead atoms. The van der Waals surface area contributed by atoms with Gasteiger partial charge in [-0.1, -0.05) is 25.0 Å². The van der Waals surface area contributed by atoms with Crippen molar-refractivity contribution >= 4 is 16.6 Å². The molecule has 0 spiro atoms. The number of rotatable bonds is 8. The summed E-state index contributed by atoms with van der Waals surface area (Å²) in [5.41, 5.74) is 5.49. The van der Waals surface area contributed by atoms with Gasteiger partial charge in [-0.25, -0.2) is 4.98 Å². The topological polar surface area (TPSA) is 60.2 Å². The van der Waals surface area contributed by atoms with Crippen molar-refractivity contribution in [2.45, 2.75) is 25.7 Å². The summed E-state index contributed by atoms with van der Waals surface area (Å²) in [6.45, 7) is 1.73. The van der Waals surface area contributed by atoms with Gasteiger partial charge in [0.25, 0.3) is 0 Å². The summed E-state index contributed by atoms with van der Waals surface area (Å²) in [6, 6.07) is 8.02. The van der Waals surface area contributed by atoms with Crippen molar-refractivity contribution in [3.05, 3.63) is 30.5 Å². The van der Waals surface area contributed by atoms with E-state index in [9.17, 15) is 0 Å². The Hall–Kier alpha value is -1.81.